The molecule has 1 aromatic rings. The van der Waals surface area contributed by atoms with Gasteiger partial charge in [-0.3, -0.25) is 4.79 Å². The van der Waals surface area contributed by atoms with Crippen molar-refractivity contribution < 1.29 is 4.79 Å². The van der Waals surface area contributed by atoms with Crippen molar-refractivity contribution in [2.45, 2.75) is 25.2 Å². The van der Waals surface area contributed by atoms with E-state index >= 15 is 0 Å². The number of hydrogen-bond donors (Lipinski definition) is 0. The first-order valence-electron chi connectivity index (χ1n) is 5.09. The largest absolute Gasteiger partial charge is 0.295 e. The number of halogens is 1. The maximum Gasteiger partial charge on any atom is 0.156 e. The zero-order chi connectivity index (χ0) is 10.9. The van der Waals surface area contributed by atoms with Gasteiger partial charge in [-0.25, -0.2) is 0 Å². The van der Waals surface area contributed by atoms with Crippen molar-refractivity contribution in [1.29, 1.82) is 0 Å². The summed E-state index contributed by atoms with van der Waals surface area (Å²) in [4.78, 5) is 11.3. The molecule has 0 aromatic heterocycles. The Kier molecular flexibility index (Phi) is 2.79. The fourth-order valence-corrected chi connectivity index (χ4v) is 2.64. The smallest absolute Gasteiger partial charge is 0.156 e. The van der Waals surface area contributed by atoms with Crippen molar-refractivity contribution in [3.8, 4) is 0 Å². The lowest BCUT2D eigenvalue weighted by Crippen LogP contribution is -2.27. The maximum atomic E-state index is 11.3. The van der Waals surface area contributed by atoms with Gasteiger partial charge in [-0.1, -0.05) is 53.2 Å². The van der Waals surface area contributed by atoms with Gasteiger partial charge in [0.25, 0.3) is 0 Å². The molecule has 0 heterocycles. The highest BCUT2D eigenvalue weighted by atomic mass is 79.9. The van der Waals surface area contributed by atoms with Crippen LogP contribution >= 0.6 is 15.9 Å². The van der Waals surface area contributed by atoms with E-state index in [4.69, 9.17) is 0 Å². The molecule has 1 aromatic carbocycles. The Bertz CT molecular complexity index is 408. The minimum Gasteiger partial charge on any atom is -0.295 e. The molecule has 0 fully saturated rings. The van der Waals surface area contributed by atoms with Gasteiger partial charge in [0.1, 0.15) is 0 Å². The zero-order valence-corrected chi connectivity index (χ0v) is 10.3. The molecule has 1 aliphatic carbocycles. The van der Waals surface area contributed by atoms with E-state index in [1.165, 1.54) is 5.56 Å². The monoisotopic (exact) mass is 264 g/mol. The molecule has 1 aliphatic rings. The molecule has 2 heteroatoms. The van der Waals surface area contributed by atoms with Crippen molar-refractivity contribution in [1.82, 2.24) is 0 Å². The van der Waals surface area contributed by atoms with Crippen molar-refractivity contribution in [3.63, 3.8) is 0 Å². The molecule has 0 saturated carbocycles. The highest BCUT2D eigenvalue weighted by Gasteiger charge is 2.33. The lowest BCUT2D eigenvalue weighted by Gasteiger charge is -2.32. The van der Waals surface area contributed by atoms with Gasteiger partial charge in [0.15, 0.2) is 5.78 Å². The second-order valence-electron chi connectivity index (χ2n) is 4.16. The van der Waals surface area contributed by atoms with Crippen LogP contribution in [0.3, 0.4) is 0 Å². The first-order valence-corrected chi connectivity index (χ1v) is 5.88. The Balaban J connectivity index is 2.44. The summed E-state index contributed by atoms with van der Waals surface area (Å²) in [7, 11) is 0. The minimum absolute atomic E-state index is 0.0326. The van der Waals surface area contributed by atoms with E-state index in [1.54, 1.807) is 6.08 Å². The van der Waals surface area contributed by atoms with Crippen LogP contribution in [0, 0.1) is 0 Å². The summed E-state index contributed by atoms with van der Waals surface area (Å²) in [5.41, 5.74) is 1.23. The van der Waals surface area contributed by atoms with Crippen LogP contribution in [0.1, 0.15) is 25.3 Å². The normalized spacial score (nSPS) is 26.3. The number of allylic oxidation sites excluding steroid dienone is 2. The third kappa shape index (κ3) is 1.91. The Hall–Kier alpha value is -0.890. The van der Waals surface area contributed by atoms with Gasteiger partial charge in [-0.15, -0.1) is 0 Å². The van der Waals surface area contributed by atoms with Crippen LogP contribution in [0.25, 0.3) is 0 Å². The number of benzene rings is 1. The van der Waals surface area contributed by atoms with E-state index in [0.29, 0.717) is 6.42 Å². The Morgan fingerprint density at radius 2 is 1.93 bits per heavy atom. The summed E-state index contributed by atoms with van der Waals surface area (Å²) < 4.78 is 0.998. The Morgan fingerprint density at radius 3 is 2.53 bits per heavy atom. The van der Waals surface area contributed by atoms with E-state index in [9.17, 15) is 4.79 Å². The topological polar surface area (TPSA) is 17.1 Å². The molecule has 0 amide bonds. The molecule has 78 valence electrons. The lowest BCUT2D eigenvalue weighted by atomic mass is 9.75. The highest BCUT2D eigenvalue weighted by Crippen LogP contribution is 2.42. The van der Waals surface area contributed by atoms with E-state index in [1.807, 2.05) is 18.2 Å². The summed E-state index contributed by atoms with van der Waals surface area (Å²) in [6, 6.07) is 10.3. The Labute approximate surface area is 98.3 Å². The second kappa shape index (κ2) is 3.93. The van der Waals surface area contributed by atoms with Crippen LogP contribution in [0.4, 0.5) is 0 Å². The summed E-state index contributed by atoms with van der Waals surface area (Å²) in [5.74, 6) is 0.218. The first-order chi connectivity index (χ1) is 7.13. The molecular weight excluding hydrogens is 252 g/mol. The quantitative estimate of drug-likeness (QED) is 0.758. The fourth-order valence-electron chi connectivity index (χ4n) is 1.95. The van der Waals surface area contributed by atoms with Crippen LogP contribution in [-0.4, -0.2) is 5.78 Å². The maximum absolute atomic E-state index is 11.3. The molecular formula is C13H13BrO. The van der Waals surface area contributed by atoms with Gasteiger partial charge in [0.05, 0.1) is 0 Å². The van der Waals surface area contributed by atoms with Crippen LogP contribution in [0.2, 0.25) is 0 Å². The minimum atomic E-state index is -0.0326. The predicted octanol–water partition coefficient (Wildman–Crippen LogP) is 3.59. The third-order valence-corrected chi connectivity index (χ3v) is 4.20. The SMILES string of the molecule is CC1(c2ccccc2)CCC(=O)C=C1Br. The van der Waals surface area contributed by atoms with Gasteiger partial charge < -0.3 is 0 Å². The van der Waals surface area contributed by atoms with Gasteiger partial charge in [-0.05, 0) is 18.1 Å². The van der Waals surface area contributed by atoms with Crippen molar-refractivity contribution in [3.05, 3.63) is 46.5 Å². The van der Waals surface area contributed by atoms with Crippen LogP contribution in [-0.2, 0) is 10.2 Å². The van der Waals surface area contributed by atoms with Crippen molar-refractivity contribution in [2.24, 2.45) is 0 Å². The first kappa shape index (κ1) is 10.6. The van der Waals surface area contributed by atoms with E-state index < -0.39 is 0 Å². The fraction of sp³-hybridized carbons (Fsp3) is 0.308. The molecule has 1 atom stereocenters. The third-order valence-electron chi connectivity index (χ3n) is 3.10. The van der Waals surface area contributed by atoms with Crippen LogP contribution < -0.4 is 0 Å². The lowest BCUT2D eigenvalue weighted by molar-refractivity contribution is -0.115. The number of hydrogen-bond acceptors (Lipinski definition) is 1. The van der Waals surface area contributed by atoms with Gasteiger partial charge >= 0.3 is 0 Å². The van der Waals surface area contributed by atoms with E-state index in [0.717, 1.165) is 10.9 Å². The summed E-state index contributed by atoms with van der Waals surface area (Å²) in [6.07, 6.45) is 3.24. The summed E-state index contributed by atoms with van der Waals surface area (Å²) in [6.45, 7) is 2.18. The number of carbonyl (C=O) groups excluding carboxylic acids is 1. The molecule has 2 rings (SSSR count). The number of ketones is 1. The van der Waals surface area contributed by atoms with Gasteiger partial charge in [0, 0.05) is 16.3 Å². The van der Waals surface area contributed by atoms with Crippen LogP contribution in [0.15, 0.2) is 40.9 Å². The van der Waals surface area contributed by atoms with Crippen LogP contribution in [0.5, 0.6) is 0 Å². The van der Waals surface area contributed by atoms with E-state index in [-0.39, 0.29) is 11.2 Å². The second-order valence-corrected chi connectivity index (χ2v) is 5.01. The highest BCUT2D eigenvalue weighted by molar-refractivity contribution is 9.11. The average Bonchev–Trinajstić information content (AvgIpc) is 2.25. The molecule has 0 N–H and O–H groups in total. The molecule has 1 unspecified atom stereocenters. The summed E-state index contributed by atoms with van der Waals surface area (Å²) in [5, 5.41) is 0. The molecule has 0 spiro atoms. The van der Waals surface area contributed by atoms with E-state index in [2.05, 4.69) is 35.0 Å². The molecule has 1 nitrogen and oxygen atoms in total. The number of carbonyl (C=O) groups is 1. The molecule has 0 aliphatic heterocycles. The zero-order valence-electron chi connectivity index (χ0n) is 8.66. The predicted molar refractivity (Wildman–Crippen MR) is 65.0 cm³/mol. The molecule has 0 bridgehead atoms. The Morgan fingerprint density at radius 1 is 1.27 bits per heavy atom. The summed E-state index contributed by atoms with van der Waals surface area (Å²) >= 11 is 3.53. The molecule has 15 heavy (non-hydrogen) atoms. The molecule has 0 radical (unpaired) electrons. The standard InChI is InChI=1S/C13H13BrO/c1-13(10-5-3-2-4-6-10)8-7-11(15)9-12(13)14/h2-6,9H,7-8H2,1H3. The average molecular weight is 265 g/mol. The van der Waals surface area contributed by atoms with Gasteiger partial charge in [-0.2, -0.15) is 0 Å². The van der Waals surface area contributed by atoms with Crippen molar-refractivity contribution in [2.75, 3.05) is 0 Å². The van der Waals surface area contributed by atoms with Gasteiger partial charge in [0.2, 0.25) is 0 Å². The number of rotatable bonds is 1. The molecule has 0 saturated heterocycles. The van der Waals surface area contributed by atoms with Crippen molar-refractivity contribution >= 4 is 21.7 Å².